The van der Waals surface area contributed by atoms with Crippen molar-refractivity contribution in [2.75, 3.05) is 6.16 Å². The highest BCUT2D eigenvalue weighted by atomic mass is 31.2. The van der Waals surface area contributed by atoms with Gasteiger partial charge in [-0.15, -0.1) is 0 Å². The number of rotatable bonds is 3. The topological polar surface area (TPSA) is 37.3 Å². The van der Waals surface area contributed by atoms with Gasteiger partial charge in [-0.3, -0.25) is 4.57 Å². The third-order valence-corrected chi connectivity index (χ3v) is 3.87. The van der Waals surface area contributed by atoms with Crippen LogP contribution in [0.3, 0.4) is 0 Å². The van der Waals surface area contributed by atoms with Gasteiger partial charge in [-0.25, -0.2) is 4.39 Å². The van der Waals surface area contributed by atoms with E-state index in [1.807, 2.05) is 0 Å². The minimum atomic E-state index is -4.81. The molecule has 0 spiro atoms. The molecule has 0 bridgehead atoms. The van der Waals surface area contributed by atoms with E-state index >= 15 is 0 Å². The lowest BCUT2D eigenvalue weighted by Crippen LogP contribution is -2.14. The van der Waals surface area contributed by atoms with Gasteiger partial charge in [0.05, 0.1) is 0 Å². The fourth-order valence-electron chi connectivity index (χ4n) is 1.22. The van der Waals surface area contributed by atoms with Crippen molar-refractivity contribution in [2.45, 2.75) is 6.18 Å². The first-order valence-corrected chi connectivity index (χ1v) is 6.31. The summed E-state index contributed by atoms with van der Waals surface area (Å²) in [5, 5.41) is -0.729. The zero-order valence-electron chi connectivity index (χ0n) is 8.54. The van der Waals surface area contributed by atoms with Gasteiger partial charge < -0.3 is 4.89 Å². The Morgan fingerprint density at radius 1 is 1.35 bits per heavy atom. The number of halogens is 4. The van der Waals surface area contributed by atoms with E-state index in [0.29, 0.717) is 0 Å². The predicted octanol–water partition coefficient (Wildman–Crippen LogP) is 3.63. The molecule has 0 aliphatic carbocycles. The Balaban J connectivity index is 3.06. The van der Waals surface area contributed by atoms with E-state index in [2.05, 4.69) is 6.58 Å². The largest absolute Gasteiger partial charge is 0.398 e. The van der Waals surface area contributed by atoms with Crippen molar-refractivity contribution in [1.29, 1.82) is 0 Å². The van der Waals surface area contributed by atoms with Crippen molar-refractivity contribution in [1.82, 2.24) is 0 Å². The highest BCUT2D eigenvalue weighted by Crippen LogP contribution is 2.57. The van der Waals surface area contributed by atoms with Crippen LogP contribution in [0.25, 0.3) is 5.31 Å². The Hall–Kier alpha value is -1.13. The molecule has 0 aromatic heterocycles. The second kappa shape index (κ2) is 4.63. The van der Waals surface area contributed by atoms with Gasteiger partial charge in [-0.2, -0.15) is 13.2 Å². The van der Waals surface area contributed by atoms with Crippen LogP contribution in [0.5, 0.6) is 0 Å². The summed E-state index contributed by atoms with van der Waals surface area (Å²) >= 11 is 0. The van der Waals surface area contributed by atoms with E-state index in [-0.39, 0.29) is 5.56 Å². The quantitative estimate of drug-likeness (QED) is 0.671. The molecule has 7 heteroatoms. The van der Waals surface area contributed by atoms with E-state index in [1.165, 1.54) is 12.1 Å². The Bertz CT molecular complexity index is 481. The Kier molecular flexibility index (Phi) is 3.79. The molecule has 1 rings (SSSR count). The minimum absolute atomic E-state index is 0.373. The van der Waals surface area contributed by atoms with Crippen molar-refractivity contribution in [3.8, 4) is 0 Å². The van der Waals surface area contributed by atoms with Gasteiger partial charge in [0.1, 0.15) is 12.0 Å². The second-order valence-corrected chi connectivity index (χ2v) is 5.66. The van der Waals surface area contributed by atoms with Crippen molar-refractivity contribution in [3.63, 3.8) is 0 Å². The maximum absolute atomic E-state index is 13.2. The van der Waals surface area contributed by atoms with Crippen LogP contribution in [0.4, 0.5) is 17.6 Å². The molecular formula is C10H9F4O2P. The monoisotopic (exact) mass is 268 g/mol. The minimum Gasteiger partial charge on any atom is -0.341 e. The summed E-state index contributed by atoms with van der Waals surface area (Å²) in [7, 11) is -4.71. The molecule has 0 saturated heterocycles. The average Bonchev–Trinajstić information content (AvgIpc) is 2.13. The second-order valence-electron chi connectivity index (χ2n) is 3.40. The van der Waals surface area contributed by atoms with Crippen LogP contribution >= 0.6 is 7.37 Å². The maximum atomic E-state index is 13.2. The molecule has 1 atom stereocenters. The first-order valence-electron chi connectivity index (χ1n) is 4.46. The van der Waals surface area contributed by atoms with Crippen LogP contribution in [0.1, 0.15) is 5.56 Å². The molecule has 1 aromatic rings. The first-order chi connectivity index (χ1) is 7.63. The standard InChI is InChI=1S/C10H9F4O2P/c1-7(8-4-2-3-5-9(8)11)17(15,16)6-10(12,13)14/h2-5H,1,6H2,(H,15,16). The lowest BCUT2D eigenvalue weighted by atomic mass is 10.2. The maximum Gasteiger partial charge on any atom is 0.398 e. The zero-order chi connectivity index (χ0) is 13.3. The van der Waals surface area contributed by atoms with Gasteiger partial charge in [0.15, 0.2) is 0 Å². The van der Waals surface area contributed by atoms with Crippen LogP contribution in [0.15, 0.2) is 30.8 Å². The van der Waals surface area contributed by atoms with Gasteiger partial charge in [-0.1, -0.05) is 24.8 Å². The van der Waals surface area contributed by atoms with Gasteiger partial charge in [0, 0.05) is 10.9 Å². The summed E-state index contributed by atoms with van der Waals surface area (Å²) in [6.07, 6.45) is -6.72. The third-order valence-electron chi connectivity index (χ3n) is 2.00. The van der Waals surface area contributed by atoms with Crippen molar-refractivity contribution < 1.29 is 27.0 Å². The van der Waals surface area contributed by atoms with E-state index in [9.17, 15) is 27.0 Å². The fraction of sp³-hybridized carbons (Fsp3) is 0.200. The van der Waals surface area contributed by atoms with E-state index in [0.717, 1.165) is 12.1 Å². The third kappa shape index (κ3) is 3.68. The molecule has 0 aliphatic rings. The Labute approximate surface area is 95.0 Å². The van der Waals surface area contributed by atoms with Crippen molar-refractivity contribution in [3.05, 3.63) is 42.2 Å². The molecule has 0 saturated carbocycles. The molecule has 0 radical (unpaired) electrons. The lowest BCUT2D eigenvalue weighted by molar-refractivity contribution is -0.107. The molecule has 1 unspecified atom stereocenters. The number of benzene rings is 1. The summed E-state index contributed by atoms with van der Waals surface area (Å²) in [4.78, 5) is 9.27. The van der Waals surface area contributed by atoms with Crippen LogP contribution in [0, 0.1) is 5.82 Å². The normalized spacial score (nSPS) is 15.4. The molecule has 17 heavy (non-hydrogen) atoms. The summed E-state index contributed by atoms with van der Waals surface area (Å²) in [5.41, 5.74) is -0.373. The highest BCUT2D eigenvalue weighted by Gasteiger charge is 2.40. The lowest BCUT2D eigenvalue weighted by Gasteiger charge is -2.16. The van der Waals surface area contributed by atoms with Crippen LogP contribution in [-0.2, 0) is 4.57 Å². The molecule has 2 nitrogen and oxygen atoms in total. The van der Waals surface area contributed by atoms with Crippen LogP contribution < -0.4 is 0 Å². The fourth-order valence-corrected chi connectivity index (χ4v) is 2.46. The highest BCUT2D eigenvalue weighted by molar-refractivity contribution is 7.68. The molecule has 0 aliphatic heterocycles. The number of alkyl halides is 3. The van der Waals surface area contributed by atoms with E-state index in [1.54, 1.807) is 0 Å². The molecular weight excluding hydrogens is 259 g/mol. The van der Waals surface area contributed by atoms with E-state index < -0.39 is 30.8 Å². The van der Waals surface area contributed by atoms with Gasteiger partial charge in [0.2, 0.25) is 7.37 Å². The van der Waals surface area contributed by atoms with Gasteiger partial charge in [-0.05, 0) is 6.07 Å². The van der Waals surface area contributed by atoms with Crippen LogP contribution in [0.2, 0.25) is 0 Å². The van der Waals surface area contributed by atoms with E-state index in [4.69, 9.17) is 0 Å². The van der Waals surface area contributed by atoms with Crippen LogP contribution in [-0.4, -0.2) is 17.2 Å². The summed E-state index contributed by atoms with van der Waals surface area (Å²) in [6.45, 7) is 3.09. The number of hydrogen-bond donors (Lipinski definition) is 1. The number of hydrogen-bond acceptors (Lipinski definition) is 1. The SMILES string of the molecule is C=C(c1ccccc1F)P(=O)(O)CC(F)(F)F. The first kappa shape index (κ1) is 13.9. The van der Waals surface area contributed by atoms with Crippen molar-refractivity contribution >= 4 is 12.7 Å². The molecule has 1 aromatic carbocycles. The summed E-state index contributed by atoms with van der Waals surface area (Å²) in [5.74, 6) is -0.881. The molecule has 0 heterocycles. The summed E-state index contributed by atoms with van der Waals surface area (Å²) in [6, 6.07) is 4.75. The molecule has 94 valence electrons. The zero-order valence-corrected chi connectivity index (χ0v) is 9.43. The van der Waals surface area contributed by atoms with Gasteiger partial charge in [0.25, 0.3) is 0 Å². The average molecular weight is 268 g/mol. The summed E-state index contributed by atoms with van der Waals surface area (Å²) < 4.78 is 60.9. The molecule has 0 fully saturated rings. The molecule has 0 amide bonds. The smallest absolute Gasteiger partial charge is 0.341 e. The van der Waals surface area contributed by atoms with Crippen molar-refractivity contribution in [2.24, 2.45) is 0 Å². The molecule has 1 N–H and O–H groups in total. The Morgan fingerprint density at radius 3 is 2.35 bits per heavy atom. The van der Waals surface area contributed by atoms with Gasteiger partial charge >= 0.3 is 6.18 Å². The Morgan fingerprint density at radius 2 is 1.88 bits per heavy atom. The predicted molar refractivity (Wildman–Crippen MR) is 56.2 cm³/mol.